The van der Waals surface area contributed by atoms with E-state index in [4.69, 9.17) is 0 Å². The lowest BCUT2D eigenvalue weighted by Gasteiger charge is -2.20. The van der Waals surface area contributed by atoms with E-state index in [-0.39, 0.29) is 12.1 Å². The molecule has 0 bridgehead atoms. The van der Waals surface area contributed by atoms with Crippen LogP contribution in [0.3, 0.4) is 0 Å². The molecule has 0 aliphatic carbocycles. The summed E-state index contributed by atoms with van der Waals surface area (Å²) in [7, 11) is 3.68. The van der Waals surface area contributed by atoms with Gasteiger partial charge in [0, 0.05) is 19.7 Å². The highest BCUT2D eigenvalue weighted by atomic mass is 16.2. The summed E-state index contributed by atoms with van der Waals surface area (Å²) >= 11 is 0. The second kappa shape index (κ2) is 8.13. The molecule has 25 heavy (non-hydrogen) atoms. The van der Waals surface area contributed by atoms with Gasteiger partial charge in [-0.3, -0.25) is 14.7 Å². The number of anilines is 1. The predicted octanol–water partition coefficient (Wildman–Crippen LogP) is 2.58. The summed E-state index contributed by atoms with van der Waals surface area (Å²) in [5.74, 6) is 1.91. The van der Waals surface area contributed by atoms with Gasteiger partial charge in [0.2, 0.25) is 0 Å². The first kappa shape index (κ1) is 19.0. The van der Waals surface area contributed by atoms with Crippen LogP contribution >= 0.6 is 0 Å². The molecule has 8 nitrogen and oxygen atoms in total. The monoisotopic (exact) mass is 347 g/mol. The van der Waals surface area contributed by atoms with Gasteiger partial charge in [0.1, 0.15) is 18.0 Å². The van der Waals surface area contributed by atoms with E-state index < -0.39 is 0 Å². The minimum Gasteiger partial charge on any atom is -0.328 e. The van der Waals surface area contributed by atoms with Crippen LogP contribution in [0.1, 0.15) is 57.2 Å². The number of hydrogen-bond donors (Lipinski definition) is 2. The number of rotatable bonds is 7. The van der Waals surface area contributed by atoms with Crippen LogP contribution in [0, 0.1) is 5.92 Å². The number of nitrogens with zero attached hydrogens (tertiary/aromatic N) is 5. The van der Waals surface area contributed by atoms with Crippen LogP contribution in [0.15, 0.2) is 6.33 Å². The zero-order valence-electron chi connectivity index (χ0n) is 16.0. The van der Waals surface area contributed by atoms with Crippen LogP contribution in [0.5, 0.6) is 0 Å². The number of hydrogen-bond acceptors (Lipinski definition) is 4. The average Bonchev–Trinajstić information content (AvgIpc) is 3.10. The summed E-state index contributed by atoms with van der Waals surface area (Å²) in [6, 6.07) is -0.453. The predicted molar refractivity (Wildman–Crippen MR) is 97.3 cm³/mol. The first-order valence-corrected chi connectivity index (χ1v) is 8.83. The summed E-state index contributed by atoms with van der Waals surface area (Å²) in [4.78, 5) is 16.9. The van der Waals surface area contributed by atoms with Crippen LogP contribution in [0.4, 0.5) is 10.6 Å². The summed E-state index contributed by atoms with van der Waals surface area (Å²) in [6.45, 7) is 8.37. The molecule has 1 unspecified atom stereocenters. The number of aromatic nitrogens is 5. The number of carbonyl (C=O) groups excluding carboxylic acids is 1. The van der Waals surface area contributed by atoms with Gasteiger partial charge in [-0.2, -0.15) is 10.2 Å². The highest BCUT2D eigenvalue weighted by Crippen LogP contribution is 2.22. The lowest BCUT2D eigenvalue weighted by Crippen LogP contribution is -2.35. The Morgan fingerprint density at radius 3 is 2.44 bits per heavy atom. The van der Waals surface area contributed by atoms with E-state index in [2.05, 4.69) is 53.5 Å². The van der Waals surface area contributed by atoms with Crippen molar-refractivity contribution in [3.05, 3.63) is 23.4 Å². The molecule has 0 spiro atoms. The smallest absolute Gasteiger partial charge is 0.320 e. The number of urea groups is 1. The third-order valence-electron chi connectivity index (χ3n) is 4.22. The normalized spacial score (nSPS) is 12.4. The maximum atomic E-state index is 12.6. The van der Waals surface area contributed by atoms with E-state index in [0.717, 1.165) is 42.2 Å². The number of nitrogens with one attached hydrogen (secondary N) is 2. The maximum Gasteiger partial charge on any atom is 0.320 e. The fourth-order valence-electron chi connectivity index (χ4n) is 3.06. The van der Waals surface area contributed by atoms with E-state index in [0.29, 0.717) is 5.92 Å². The molecule has 0 aliphatic rings. The molecule has 2 N–H and O–H groups in total. The largest absolute Gasteiger partial charge is 0.328 e. The first-order valence-electron chi connectivity index (χ1n) is 8.83. The second-order valence-corrected chi connectivity index (χ2v) is 6.63. The van der Waals surface area contributed by atoms with E-state index in [1.54, 1.807) is 9.36 Å². The quantitative estimate of drug-likeness (QED) is 0.805. The van der Waals surface area contributed by atoms with Crippen molar-refractivity contribution in [1.82, 2.24) is 29.9 Å². The van der Waals surface area contributed by atoms with E-state index >= 15 is 0 Å². The van der Waals surface area contributed by atoms with Crippen molar-refractivity contribution in [2.24, 2.45) is 20.0 Å². The molecule has 2 heterocycles. The number of aryl methyl sites for hydroxylation is 3. The molecule has 0 aromatic carbocycles. The van der Waals surface area contributed by atoms with Crippen molar-refractivity contribution in [2.45, 2.75) is 53.0 Å². The lowest BCUT2D eigenvalue weighted by molar-refractivity contribution is 0.245. The molecule has 2 amide bonds. The van der Waals surface area contributed by atoms with Gasteiger partial charge in [-0.05, 0) is 25.2 Å². The first-order chi connectivity index (χ1) is 11.9. The van der Waals surface area contributed by atoms with Crippen LogP contribution in [-0.4, -0.2) is 30.6 Å². The van der Waals surface area contributed by atoms with Gasteiger partial charge in [-0.1, -0.05) is 27.7 Å². The SMILES string of the molecule is CCc1nn(C)c(NC(=O)NC(CC(C)C)c2ncnn2C)c1CC. The summed E-state index contributed by atoms with van der Waals surface area (Å²) in [5.41, 5.74) is 2.10. The van der Waals surface area contributed by atoms with Gasteiger partial charge in [0.25, 0.3) is 0 Å². The third kappa shape index (κ3) is 4.37. The fourth-order valence-corrected chi connectivity index (χ4v) is 3.06. The van der Waals surface area contributed by atoms with Crippen molar-refractivity contribution < 1.29 is 4.79 Å². The van der Waals surface area contributed by atoms with Gasteiger partial charge < -0.3 is 5.32 Å². The standard InChI is InChI=1S/C17H29N7O/c1-7-12-13(8-2)22-24(6)15(12)21-17(25)20-14(9-11(3)4)16-18-10-19-23(16)5/h10-11,14H,7-9H2,1-6H3,(H2,20,21,25). The van der Waals surface area contributed by atoms with Gasteiger partial charge >= 0.3 is 6.03 Å². The highest BCUT2D eigenvalue weighted by molar-refractivity contribution is 5.89. The Hall–Kier alpha value is -2.38. The van der Waals surface area contributed by atoms with Gasteiger partial charge in [0.15, 0.2) is 0 Å². The molecule has 0 radical (unpaired) electrons. The Balaban J connectivity index is 2.17. The average molecular weight is 347 g/mol. The molecular weight excluding hydrogens is 318 g/mol. The summed E-state index contributed by atoms with van der Waals surface area (Å²) in [6.07, 6.45) is 3.96. The van der Waals surface area contributed by atoms with Gasteiger partial charge in [-0.15, -0.1) is 0 Å². The van der Waals surface area contributed by atoms with E-state index in [9.17, 15) is 4.79 Å². The zero-order valence-corrected chi connectivity index (χ0v) is 16.0. The molecule has 2 rings (SSSR count). The van der Waals surface area contributed by atoms with Gasteiger partial charge in [-0.25, -0.2) is 9.78 Å². The minimum atomic E-state index is -0.256. The van der Waals surface area contributed by atoms with Crippen molar-refractivity contribution >= 4 is 11.8 Å². The van der Waals surface area contributed by atoms with E-state index in [1.165, 1.54) is 6.33 Å². The van der Waals surface area contributed by atoms with Crippen molar-refractivity contribution in [2.75, 3.05) is 5.32 Å². The van der Waals surface area contributed by atoms with Crippen molar-refractivity contribution in [1.29, 1.82) is 0 Å². The number of carbonyl (C=O) groups is 1. The second-order valence-electron chi connectivity index (χ2n) is 6.63. The molecule has 2 aromatic heterocycles. The Kier molecular flexibility index (Phi) is 6.17. The van der Waals surface area contributed by atoms with Crippen LogP contribution in [-0.2, 0) is 26.9 Å². The molecule has 2 aromatic rings. The molecule has 8 heteroatoms. The molecule has 0 fully saturated rings. The van der Waals surface area contributed by atoms with Crippen LogP contribution in [0.2, 0.25) is 0 Å². The third-order valence-corrected chi connectivity index (χ3v) is 4.22. The summed E-state index contributed by atoms with van der Waals surface area (Å²) < 4.78 is 3.43. The Morgan fingerprint density at radius 2 is 1.92 bits per heavy atom. The molecule has 138 valence electrons. The zero-order chi connectivity index (χ0) is 18.6. The molecule has 0 saturated carbocycles. The Morgan fingerprint density at radius 1 is 1.20 bits per heavy atom. The minimum absolute atomic E-state index is 0.198. The van der Waals surface area contributed by atoms with E-state index in [1.807, 2.05) is 14.1 Å². The summed E-state index contributed by atoms with van der Waals surface area (Å²) in [5, 5.41) is 14.6. The molecule has 1 atom stereocenters. The topological polar surface area (TPSA) is 89.7 Å². The Bertz CT molecular complexity index is 717. The molecule has 0 aliphatic heterocycles. The van der Waals surface area contributed by atoms with Crippen LogP contribution < -0.4 is 10.6 Å². The highest BCUT2D eigenvalue weighted by Gasteiger charge is 2.22. The van der Waals surface area contributed by atoms with Gasteiger partial charge in [0.05, 0.1) is 11.7 Å². The van der Waals surface area contributed by atoms with Crippen molar-refractivity contribution in [3.63, 3.8) is 0 Å². The molecular formula is C17H29N7O. The maximum absolute atomic E-state index is 12.6. The number of amides is 2. The van der Waals surface area contributed by atoms with Crippen LogP contribution in [0.25, 0.3) is 0 Å². The molecule has 0 saturated heterocycles. The Labute approximate surface area is 149 Å². The van der Waals surface area contributed by atoms with Crippen molar-refractivity contribution in [3.8, 4) is 0 Å². The lowest BCUT2D eigenvalue weighted by atomic mass is 10.0. The fraction of sp³-hybridized carbons (Fsp3) is 0.647.